The zero-order valence-corrected chi connectivity index (χ0v) is 13.7. The highest BCUT2D eigenvalue weighted by molar-refractivity contribution is 5.96. The van der Waals surface area contributed by atoms with Gasteiger partial charge in [0, 0.05) is 30.6 Å². The molecule has 0 aliphatic carbocycles. The van der Waals surface area contributed by atoms with E-state index in [0.717, 1.165) is 38.1 Å². The molecule has 1 atom stereocenters. The van der Waals surface area contributed by atoms with Crippen LogP contribution in [0.4, 0.5) is 13.2 Å². The number of amides is 2. The summed E-state index contributed by atoms with van der Waals surface area (Å²) in [6.45, 7) is 2.96. The van der Waals surface area contributed by atoms with Gasteiger partial charge in [0.1, 0.15) is 0 Å². The predicted molar refractivity (Wildman–Crippen MR) is 84.9 cm³/mol. The minimum atomic E-state index is -4.51. The van der Waals surface area contributed by atoms with Crippen LogP contribution < -0.4 is 10.6 Å². The Morgan fingerprint density at radius 2 is 2.08 bits per heavy atom. The molecule has 136 valence electrons. The number of carbonyl (C=O) groups excluding carboxylic acids is 2. The third-order valence-electron chi connectivity index (χ3n) is 4.98. The van der Waals surface area contributed by atoms with Gasteiger partial charge in [-0.1, -0.05) is 6.07 Å². The summed E-state index contributed by atoms with van der Waals surface area (Å²) in [5, 5.41) is 5.72. The van der Waals surface area contributed by atoms with E-state index in [2.05, 4.69) is 10.6 Å². The molecule has 0 saturated carbocycles. The molecule has 8 heteroatoms. The first-order chi connectivity index (χ1) is 11.8. The average Bonchev–Trinajstić information content (AvgIpc) is 3.22. The molecule has 3 rings (SSSR count). The van der Waals surface area contributed by atoms with Gasteiger partial charge in [0.15, 0.2) is 0 Å². The fraction of sp³-hybridized carbons (Fsp3) is 0.529. The van der Waals surface area contributed by atoms with E-state index < -0.39 is 17.6 Å². The highest BCUT2D eigenvalue weighted by Gasteiger charge is 2.41. The normalized spacial score (nSPS) is 23.2. The molecule has 2 heterocycles. The lowest BCUT2D eigenvalue weighted by molar-refractivity contribution is -0.137. The Bertz CT molecular complexity index is 669. The van der Waals surface area contributed by atoms with E-state index in [4.69, 9.17) is 0 Å². The predicted octanol–water partition coefficient (Wildman–Crippen LogP) is 1.65. The number of hydrogen-bond donors (Lipinski definition) is 2. The smallest absolute Gasteiger partial charge is 0.343 e. The SMILES string of the molecule is O=C(NCC(=O)N1CCC2(CCNC2)C1)c1cccc(C(F)(F)F)c1. The molecule has 2 aliphatic rings. The number of rotatable bonds is 3. The van der Waals surface area contributed by atoms with Gasteiger partial charge in [-0.2, -0.15) is 13.2 Å². The number of likely N-dealkylation sites (tertiary alicyclic amines) is 1. The summed E-state index contributed by atoms with van der Waals surface area (Å²) in [4.78, 5) is 26.0. The Kier molecular flexibility index (Phi) is 4.73. The highest BCUT2D eigenvalue weighted by atomic mass is 19.4. The molecule has 0 aromatic heterocycles. The largest absolute Gasteiger partial charge is 0.416 e. The first-order valence-corrected chi connectivity index (χ1v) is 8.23. The number of carbonyl (C=O) groups is 2. The van der Waals surface area contributed by atoms with Crippen molar-refractivity contribution >= 4 is 11.8 Å². The maximum absolute atomic E-state index is 12.7. The molecule has 2 saturated heterocycles. The summed E-state index contributed by atoms with van der Waals surface area (Å²) < 4.78 is 38.1. The molecule has 0 bridgehead atoms. The van der Waals surface area contributed by atoms with Crippen LogP contribution >= 0.6 is 0 Å². The maximum Gasteiger partial charge on any atom is 0.416 e. The van der Waals surface area contributed by atoms with Gasteiger partial charge in [0.25, 0.3) is 5.91 Å². The van der Waals surface area contributed by atoms with Crippen LogP contribution in [0.5, 0.6) is 0 Å². The quantitative estimate of drug-likeness (QED) is 0.867. The fourth-order valence-electron chi connectivity index (χ4n) is 3.50. The molecule has 2 fully saturated rings. The summed E-state index contributed by atoms with van der Waals surface area (Å²) >= 11 is 0. The van der Waals surface area contributed by atoms with Crippen molar-refractivity contribution in [2.75, 3.05) is 32.7 Å². The van der Waals surface area contributed by atoms with Crippen LogP contribution in [0.15, 0.2) is 24.3 Å². The lowest BCUT2D eigenvalue weighted by Crippen LogP contribution is -2.40. The number of benzene rings is 1. The van der Waals surface area contributed by atoms with E-state index in [0.29, 0.717) is 13.1 Å². The van der Waals surface area contributed by atoms with Crippen molar-refractivity contribution in [2.45, 2.75) is 19.0 Å². The van der Waals surface area contributed by atoms with Crippen LogP contribution in [0, 0.1) is 5.41 Å². The van der Waals surface area contributed by atoms with Gasteiger partial charge in [-0.25, -0.2) is 0 Å². The van der Waals surface area contributed by atoms with E-state index in [1.54, 1.807) is 4.90 Å². The van der Waals surface area contributed by atoms with E-state index in [1.807, 2.05) is 0 Å². The summed E-state index contributed by atoms with van der Waals surface area (Å²) in [5.74, 6) is -0.889. The van der Waals surface area contributed by atoms with Gasteiger partial charge in [-0.3, -0.25) is 9.59 Å². The second kappa shape index (κ2) is 6.67. The zero-order valence-electron chi connectivity index (χ0n) is 13.7. The van der Waals surface area contributed by atoms with Crippen molar-refractivity contribution in [2.24, 2.45) is 5.41 Å². The second-order valence-corrected chi connectivity index (χ2v) is 6.75. The molecule has 1 aromatic rings. The van der Waals surface area contributed by atoms with Crippen molar-refractivity contribution in [3.05, 3.63) is 35.4 Å². The van der Waals surface area contributed by atoms with Gasteiger partial charge < -0.3 is 15.5 Å². The molecular formula is C17H20F3N3O2. The number of nitrogens with one attached hydrogen (secondary N) is 2. The number of halogens is 3. The van der Waals surface area contributed by atoms with Crippen LogP contribution in [-0.4, -0.2) is 49.4 Å². The third-order valence-corrected chi connectivity index (χ3v) is 4.98. The fourth-order valence-corrected chi connectivity index (χ4v) is 3.50. The van der Waals surface area contributed by atoms with Gasteiger partial charge >= 0.3 is 6.18 Å². The maximum atomic E-state index is 12.7. The minimum absolute atomic E-state index is 0.111. The Morgan fingerprint density at radius 1 is 1.28 bits per heavy atom. The van der Waals surface area contributed by atoms with E-state index in [1.165, 1.54) is 12.1 Å². The summed E-state index contributed by atoms with van der Waals surface area (Å²) in [6, 6.07) is 4.16. The van der Waals surface area contributed by atoms with Crippen molar-refractivity contribution in [1.82, 2.24) is 15.5 Å². The van der Waals surface area contributed by atoms with Crippen molar-refractivity contribution in [3.63, 3.8) is 0 Å². The molecule has 25 heavy (non-hydrogen) atoms. The molecule has 1 spiro atoms. The molecule has 1 unspecified atom stereocenters. The minimum Gasteiger partial charge on any atom is -0.343 e. The van der Waals surface area contributed by atoms with E-state index in [9.17, 15) is 22.8 Å². The van der Waals surface area contributed by atoms with Crippen LogP contribution in [-0.2, 0) is 11.0 Å². The Balaban J connectivity index is 1.55. The molecule has 5 nitrogen and oxygen atoms in total. The topological polar surface area (TPSA) is 61.4 Å². The van der Waals surface area contributed by atoms with Gasteiger partial charge in [-0.05, 0) is 37.6 Å². The zero-order chi connectivity index (χ0) is 18.1. The lowest BCUT2D eigenvalue weighted by atomic mass is 9.87. The van der Waals surface area contributed by atoms with E-state index in [-0.39, 0.29) is 23.4 Å². The number of hydrogen-bond acceptors (Lipinski definition) is 3. The van der Waals surface area contributed by atoms with Crippen LogP contribution in [0.2, 0.25) is 0 Å². The molecule has 2 aliphatic heterocycles. The Morgan fingerprint density at radius 3 is 2.76 bits per heavy atom. The van der Waals surface area contributed by atoms with Gasteiger partial charge in [0.2, 0.25) is 5.91 Å². The second-order valence-electron chi connectivity index (χ2n) is 6.75. The van der Waals surface area contributed by atoms with Gasteiger partial charge in [0.05, 0.1) is 12.1 Å². The Labute approximate surface area is 143 Å². The number of alkyl halides is 3. The lowest BCUT2D eigenvalue weighted by Gasteiger charge is -2.22. The van der Waals surface area contributed by atoms with Crippen molar-refractivity contribution < 1.29 is 22.8 Å². The Hall–Kier alpha value is -2.09. The molecule has 2 N–H and O–H groups in total. The summed E-state index contributed by atoms with van der Waals surface area (Å²) in [6.07, 6.45) is -2.54. The first-order valence-electron chi connectivity index (χ1n) is 8.23. The molecular weight excluding hydrogens is 335 g/mol. The molecule has 0 radical (unpaired) electrons. The van der Waals surface area contributed by atoms with E-state index >= 15 is 0 Å². The molecule has 2 amide bonds. The standard InChI is InChI=1S/C17H20F3N3O2/c18-17(19,20)13-3-1-2-12(8-13)15(25)22-9-14(24)23-7-5-16(11-23)4-6-21-10-16/h1-3,8,21H,4-7,9-11H2,(H,22,25). The summed E-state index contributed by atoms with van der Waals surface area (Å²) in [7, 11) is 0. The van der Waals surface area contributed by atoms with Crippen LogP contribution in [0.3, 0.4) is 0 Å². The van der Waals surface area contributed by atoms with Crippen molar-refractivity contribution in [1.29, 1.82) is 0 Å². The van der Waals surface area contributed by atoms with Crippen LogP contribution in [0.25, 0.3) is 0 Å². The highest BCUT2D eigenvalue weighted by Crippen LogP contribution is 2.35. The number of nitrogens with zero attached hydrogens (tertiary/aromatic N) is 1. The third kappa shape index (κ3) is 3.95. The van der Waals surface area contributed by atoms with Crippen LogP contribution in [0.1, 0.15) is 28.8 Å². The van der Waals surface area contributed by atoms with Crippen molar-refractivity contribution in [3.8, 4) is 0 Å². The summed E-state index contributed by atoms with van der Waals surface area (Å²) in [5.41, 5.74) is -0.858. The molecule has 1 aromatic carbocycles. The average molecular weight is 355 g/mol. The monoisotopic (exact) mass is 355 g/mol. The first kappa shape index (κ1) is 17.7. The van der Waals surface area contributed by atoms with Gasteiger partial charge in [-0.15, -0.1) is 0 Å².